The summed E-state index contributed by atoms with van der Waals surface area (Å²) in [6.07, 6.45) is 7.41. The van der Waals surface area contributed by atoms with Crippen molar-refractivity contribution in [2.24, 2.45) is 5.92 Å². The van der Waals surface area contributed by atoms with Gasteiger partial charge in [-0.15, -0.1) is 0 Å². The number of carbonyl (C=O) groups is 1. The maximum atomic E-state index is 12.8. The highest BCUT2D eigenvalue weighted by Crippen LogP contribution is 2.20. The fourth-order valence-corrected chi connectivity index (χ4v) is 5.17. The monoisotopic (exact) mass is 453 g/mol. The van der Waals surface area contributed by atoms with Crippen molar-refractivity contribution in [1.82, 2.24) is 15.1 Å². The van der Waals surface area contributed by atoms with E-state index in [1.54, 1.807) is 0 Å². The maximum Gasteiger partial charge on any atom is 0.224 e. The number of carbonyl (C=O) groups excluding carboxylic acids is 1. The Morgan fingerprint density at radius 2 is 1.53 bits per heavy atom. The van der Waals surface area contributed by atoms with E-state index in [1.165, 1.54) is 55.5 Å². The molecule has 2 saturated heterocycles. The van der Waals surface area contributed by atoms with Gasteiger partial charge in [0.2, 0.25) is 5.91 Å². The molecule has 2 heterocycles. The van der Waals surface area contributed by atoms with Crippen LogP contribution < -0.4 is 5.32 Å². The smallest absolute Gasteiger partial charge is 0.224 e. The predicted octanol–water partition coefficient (Wildman–Crippen LogP) is 5.24. The number of nitrogens with zero attached hydrogens (tertiary/aromatic N) is 2. The average molecular weight is 454 g/mol. The van der Waals surface area contributed by atoms with Crippen LogP contribution in [0.2, 0.25) is 5.02 Å². The molecule has 0 radical (unpaired) electrons. The fourth-order valence-electron chi connectivity index (χ4n) is 4.96. The van der Waals surface area contributed by atoms with E-state index in [9.17, 15) is 4.79 Å². The number of halogens is 1. The van der Waals surface area contributed by atoms with Gasteiger partial charge in [0, 0.05) is 31.2 Å². The molecule has 2 aromatic carbocycles. The van der Waals surface area contributed by atoms with E-state index in [2.05, 4.69) is 45.4 Å². The van der Waals surface area contributed by atoms with E-state index >= 15 is 0 Å². The SMILES string of the molecule is O=C(NCc1ccc(CN2CCCCCC2)cc1)C1CCCN(Cc2cccc(Cl)c2)C1. The third-order valence-electron chi connectivity index (χ3n) is 6.77. The second-order valence-corrected chi connectivity index (χ2v) is 9.87. The number of likely N-dealkylation sites (tertiary alicyclic amines) is 2. The largest absolute Gasteiger partial charge is 0.352 e. The van der Waals surface area contributed by atoms with Gasteiger partial charge in [-0.1, -0.05) is 60.8 Å². The summed E-state index contributed by atoms with van der Waals surface area (Å²) in [5, 5.41) is 3.94. The van der Waals surface area contributed by atoms with Crippen molar-refractivity contribution in [1.29, 1.82) is 0 Å². The molecule has 1 N–H and O–H groups in total. The lowest BCUT2D eigenvalue weighted by atomic mass is 9.96. The summed E-state index contributed by atoms with van der Waals surface area (Å²) in [6, 6.07) is 16.8. The first kappa shape index (κ1) is 23.3. The third kappa shape index (κ3) is 7.06. The van der Waals surface area contributed by atoms with Crippen molar-refractivity contribution in [2.45, 2.75) is 58.2 Å². The molecule has 5 heteroatoms. The second-order valence-electron chi connectivity index (χ2n) is 9.43. The number of benzene rings is 2. The molecule has 2 aliphatic rings. The Labute approximate surface area is 197 Å². The van der Waals surface area contributed by atoms with E-state index in [-0.39, 0.29) is 11.8 Å². The molecule has 2 aromatic rings. The summed E-state index contributed by atoms with van der Waals surface area (Å²) in [6.45, 7) is 6.77. The Balaban J connectivity index is 1.23. The number of hydrogen-bond acceptors (Lipinski definition) is 3. The molecular formula is C27H36ClN3O. The highest BCUT2D eigenvalue weighted by molar-refractivity contribution is 6.30. The van der Waals surface area contributed by atoms with Gasteiger partial charge in [-0.05, 0) is 74.1 Å². The van der Waals surface area contributed by atoms with Gasteiger partial charge in [-0.2, -0.15) is 0 Å². The second kappa shape index (κ2) is 11.8. The van der Waals surface area contributed by atoms with Gasteiger partial charge in [0.05, 0.1) is 5.92 Å². The van der Waals surface area contributed by atoms with E-state index in [0.29, 0.717) is 6.54 Å². The van der Waals surface area contributed by atoms with Crippen LogP contribution in [-0.2, 0) is 24.4 Å². The lowest BCUT2D eigenvalue weighted by Gasteiger charge is -2.32. The van der Waals surface area contributed by atoms with E-state index < -0.39 is 0 Å². The van der Waals surface area contributed by atoms with Gasteiger partial charge in [0.1, 0.15) is 0 Å². The van der Waals surface area contributed by atoms with Crippen LogP contribution in [0.1, 0.15) is 55.2 Å². The normalized spacial score (nSPS) is 20.6. The minimum absolute atomic E-state index is 0.0604. The minimum Gasteiger partial charge on any atom is -0.352 e. The molecule has 1 unspecified atom stereocenters. The Hall–Kier alpha value is -1.88. The Bertz CT molecular complexity index is 861. The van der Waals surface area contributed by atoms with Crippen LogP contribution >= 0.6 is 11.6 Å². The molecule has 32 heavy (non-hydrogen) atoms. The standard InChI is InChI=1S/C27H36ClN3O/c28-26-9-5-7-24(17-26)20-31-16-6-8-25(21-31)27(32)29-18-22-10-12-23(13-11-22)19-30-14-3-1-2-4-15-30/h5,7,9-13,17,25H,1-4,6,8,14-16,18-21H2,(H,29,32). The van der Waals surface area contributed by atoms with Crippen molar-refractivity contribution >= 4 is 17.5 Å². The Morgan fingerprint density at radius 1 is 0.844 bits per heavy atom. The van der Waals surface area contributed by atoms with Crippen LogP contribution in [0.15, 0.2) is 48.5 Å². The number of nitrogens with one attached hydrogen (secondary N) is 1. The molecule has 2 aliphatic heterocycles. The zero-order chi connectivity index (χ0) is 22.2. The topological polar surface area (TPSA) is 35.6 Å². The lowest BCUT2D eigenvalue weighted by molar-refractivity contribution is -0.126. The molecule has 0 spiro atoms. The molecule has 1 atom stereocenters. The summed E-state index contributed by atoms with van der Waals surface area (Å²) >= 11 is 6.12. The van der Waals surface area contributed by atoms with Crippen LogP contribution in [0.3, 0.4) is 0 Å². The molecule has 2 fully saturated rings. The molecule has 1 amide bonds. The molecule has 0 aliphatic carbocycles. The summed E-state index contributed by atoms with van der Waals surface area (Å²) in [5.74, 6) is 0.236. The third-order valence-corrected chi connectivity index (χ3v) is 7.00. The fraction of sp³-hybridized carbons (Fsp3) is 0.519. The molecule has 0 aromatic heterocycles. The van der Waals surface area contributed by atoms with E-state index in [1.807, 2.05) is 18.2 Å². The van der Waals surface area contributed by atoms with Gasteiger partial charge in [0.25, 0.3) is 0 Å². The summed E-state index contributed by atoms with van der Waals surface area (Å²) in [5.41, 5.74) is 3.74. The summed E-state index contributed by atoms with van der Waals surface area (Å²) < 4.78 is 0. The first-order valence-corrected chi connectivity index (χ1v) is 12.6. The zero-order valence-corrected chi connectivity index (χ0v) is 19.8. The van der Waals surface area contributed by atoms with Crippen LogP contribution in [0, 0.1) is 5.92 Å². The molecule has 172 valence electrons. The molecule has 0 bridgehead atoms. The number of hydrogen-bond donors (Lipinski definition) is 1. The number of rotatable bonds is 7. The average Bonchev–Trinajstić information content (AvgIpc) is 3.07. The summed E-state index contributed by atoms with van der Waals surface area (Å²) in [4.78, 5) is 17.8. The van der Waals surface area contributed by atoms with E-state index in [4.69, 9.17) is 11.6 Å². The highest BCUT2D eigenvalue weighted by Gasteiger charge is 2.25. The molecule has 4 nitrogen and oxygen atoms in total. The Kier molecular flexibility index (Phi) is 8.61. The first-order valence-electron chi connectivity index (χ1n) is 12.2. The van der Waals surface area contributed by atoms with Crippen molar-refractivity contribution in [3.05, 3.63) is 70.2 Å². The molecule has 4 rings (SSSR count). The predicted molar refractivity (Wildman–Crippen MR) is 131 cm³/mol. The van der Waals surface area contributed by atoms with Crippen molar-refractivity contribution in [2.75, 3.05) is 26.2 Å². The van der Waals surface area contributed by atoms with Crippen molar-refractivity contribution in [3.8, 4) is 0 Å². The summed E-state index contributed by atoms with van der Waals surface area (Å²) in [7, 11) is 0. The first-order chi connectivity index (χ1) is 15.7. The molecule has 0 saturated carbocycles. The molecular weight excluding hydrogens is 418 g/mol. The van der Waals surface area contributed by atoms with Gasteiger partial charge in [-0.3, -0.25) is 14.6 Å². The minimum atomic E-state index is 0.0604. The van der Waals surface area contributed by atoms with Crippen LogP contribution in [0.5, 0.6) is 0 Å². The number of amides is 1. The maximum absolute atomic E-state index is 12.8. The van der Waals surface area contributed by atoms with Crippen molar-refractivity contribution in [3.63, 3.8) is 0 Å². The van der Waals surface area contributed by atoms with Gasteiger partial charge < -0.3 is 5.32 Å². The van der Waals surface area contributed by atoms with Crippen LogP contribution in [0.25, 0.3) is 0 Å². The quantitative estimate of drug-likeness (QED) is 0.622. The van der Waals surface area contributed by atoms with Gasteiger partial charge >= 0.3 is 0 Å². The zero-order valence-electron chi connectivity index (χ0n) is 19.1. The van der Waals surface area contributed by atoms with Crippen LogP contribution in [0.4, 0.5) is 0 Å². The lowest BCUT2D eigenvalue weighted by Crippen LogP contribution is -2.42. The van der Waals surface area contributed by atoms with E-state index in [0.717, 1.165) is 44.0 Å². The van der Waals surface area contributed by atoms with Gasteiger partial charge in [0.15, 0.2) is 0 Å². The van der Waals surface area contributed by atoms with Crippen molar-refractivity contribution < 1.29 is 4.79 Å². The number of piperidine rings is 1. The highest BCUT2D eigenvalue weighted by atomic mass is 35.5. The van der Waals surface area contributed by atoms with Crippen LogP contribution in [-0.4, -0.2) is 41.9 Å². The van der Waals surface area contributed by atoms with Gasteiger partial charge in [-0.25, -0.2) is 0 Å². The Morgan fingerprint density at radius 3 is 2.28 bits per heavy atom.